The summed E-state index contributed by atoms with van der Waals surface area (Å²) in [6.07, 6.45) is 6.56. The second-order valence-corrected chi connectivity index (χ2v) is 11.5. The zero-order valence-electron chi connectivity index (χ0n) is 25.7. The van der Waals surface area contributed by atoms with Crippen molar-refractivity contribution < 1.29 is 18.9 Å². The van der Waals surface area contributed by atoms with Crippen LogP contribution >= 0.6 is 0 Å². The van der Waals surface area contributed by atoms with Crippen LogP contribution in [0.5, 0.6) is 11.6 Å². The fourth-order valence-corrected chi connectivity index (χ4v) is 5.91. The van der Waals surface area contributed by atoms with Crippen LogP contribution in [-0.4, -0.2) is 79.4 Å². The van der Waals surface area contributed by atoms with E-state index in [1.54, 1.807) is 24.0 Å². The second-order valence-electron chi connectivity index (χ2n) is 11.5. The third-order valence-electron chi connectivity index (χ3n) is 8.16. The zero-order chi connectivity index (χ0) is 30.8. The fraction of sp³-hybridized carbons (Fsp3) is 0.484. The van der Waals surface area contributed by atoms with E-state index in [4.69, 9.17) is 24.2 Å². The Kier molecular flexibility index (Phi) is 8.47. The average Bonchev–Trinajstić information content (AvgIpc) is 3.40. The molecule has 13 heteroatoms. The minimum absolute atomic E-state index is 0.0119. The highest BCUT2D eigenvalue weighted by atomic mass is 16.5. The smallest absolute Gasteiger partial charge is 0.398 e. The molecule has 0 spiro atoms. The Hall–Kier alpha value is -4.52. The zero-order valence-corrected chi connectivity index (χ0v) is 25.7. The SMILES string of the molecule is C=[N+]([O-])c1ncc(C(C)Oc2cnc3cc(N4CCOCC4)nc(OC4CCC(Nc5nc(C)cc(C)n5)CC4)c3c2)n1C. The lowest BCUT2D eigenvalue weighted by Gasteiger charge is -2.31. The Bertz CT molecular complexity index is 1620. The van der Waals surface area contributed by atoms with Crippen molar-refractivity contribution in [3.63, 3.8) is 0 Å². The summed E-state index contributed by atoms with van der Waals surface area (Å²) in [5, 5.41) is 16.0. The first-order chi connectivity index (χ1) is 21.2. The van der Waals surface area contributed by atoms with Gasteiger partial charge in [-0.15, -0.1) is 0 Å². The molecule has 0 bridgehead atoms. The molecule has 1 unspecified atom stereocenters. The van der Waals surface area contributed by atoms with Gasteiger partial charge in [0.1, 0.15) is 23.9 Å². The lowest BCUT2D eigenvalue weighted by Crippen LogP contribution is -2.37. The van der Waals surface area contributed by atoms with Gasteiger partial charge >= 0.3 is 5.95 Å². The van der Waals surface area contributed by atoms with Crippen molar-refractivity contribution in [2.24, 2.45) is 7.05 Å². The van der Waals surface area contributed by atoms with E-state index < -0.39 is 6.10 Å². The van der Waals surface area contributed by atoms with Gasteiger partial charge in [0, 0.05) is 43.3 Å². The van der Waals surface area contributed by atoms with Crippen LogP contribution in [0.1, 0.15) is 55.8 Å². The molecule has 2 aliphatic rings. The van der Waals surface area contributed by atoms with Crippen molar-refractivity contribution in [1.82, 2.24) is 29.5 Å². The number of hydrogen-bond donors (Lipinski definition) is 1. The van der Waals surface area contributed by atoms with E-state index in [0.717, 1.165) is 72.6 Å². The minimum atomic E-state index is -0.394. The molecular formula is C31H39N9O4. The molecular weight excluding hydrogens is 562 g/mol. The van der Waals surface area contributed by atoms with Gasteiger partial charge in [-0.25, -0.2) is 14.5 Å². The van der Waals surface area contributed by atoms with Gasteiger partial charge in [0.05, 0.1) is 37.4 Å². The molecule has 1 aliphatic carbocycles. The van der Waals surface area contributed by atoms with Crippen molar-refractivity contribution in [3.05, 3.63) is 52.9 Å². The largest absolute Gasteiger partial charge is 0.741 e. The van der Waals surface area contributed by atoms with Gasteiger partial charge in [-0.3, -0.25) is 9.72 Å². The normalized spacial score (nSPS) is 19.5. The van der Waals surface area contributed by atoms with Crippen LogP contribution in [-0.2, 0) is 11.8 Å². The maximum Gasteiger partial charge on any atom is 0.398 e. The van der Waals surface area contributed by atoms with E-state index in [1.807, 2.05) is 39.0 Å². The number of fused-ring (bicyclic) bond motifs is 1. The number of nitrogens with one attached hydrogen (secondary N) is 1. The summed E-state index contributed by atoms with van der Waals surface area (Å²) < 4.78 is 20.6. The molecule has 1 aliphatic heterocycles. The highest BCUT2D eigenvalue weighted by Gasteiger charge is 2.26. The van der Waals surface area contributed by atoms with E-state index in [1.165, 1.54) is 0 Å². The Balaban J connectivity index is 1.22. The molecule has 0 aromatic carbocycles. The van der Waals surface area contributed by atoms with Crippen molar-refractivity contribution >= 4 is 35.3 Å². The van der Waals surface area contributed by atoms with Crippen LogP contribution < -0.4 is 19.7 Å². The summed E-state index contributed by atoms with van der Waals surface area (Å²) in [5.41, 5.74) is 3.43. The first-order valence-electron chi connectivity index (χ1n) is 15.1. The first kappa shape index (κ1) is 29.5. The van der Waals surface area contributed by atoms with E-state index in [2.05, 4.69) is 31.9 Å². The van der Waals surface area contributed by atoms with Gasteiger partial charge in [-0.05, 0) is 58.6 Å². The molecule has 1 atom stereocenters. The standard InChI is InChI=1S/C31H39N9O4/c1-19-14-20(2)35-30(34-19)36-22-6-8-23(9-7-22)44-29-25-15-24(43-21(3)27-18-33-31(38(27)4)39(5)41)17-32-26(25)16-28(37-29)40-10-12-42-13-11-40/h14-18,21-23H,5-13H2,1-4H3,(H,34,35,36). The van der Waals surface area contributed by atoms with Crippen LogP contribution in [0.4, 0.5) is 17.7 Å². The molecule has 6 rings (SSSR count). The molecule has 232 valence electrons. The lowest BCUT2D eigenvalue weighted by molar-refractivity contribution is -0.362. The Morgan fingerprint density at radius 3 is 2.43 bits per heavy atom. The topological polar surface area (TPSA) is 138 Å². The quantitative estimate of drug-likeness (QED) is 0.126. The van der Waals surface area contributed by atoms with E-state index in [-0.39, 0.29) is 18.1 Å². The van der Waals surface area contributed by atoms with Crippen LogP contribution in [0.3, 0.4) is 0 Å². The highest BCUT2D eigenvalue weighted by molar-refractivity contribution is 5.87. The summed E-state index contributed by atoms with van der Waals surface area (Å²) >= 11 is 0. The van der Waals surface area contributed by atoms with Crippen molar-refractivity contribution in [3.8, 4) is 11.6 Å². The monoisotopic (exact) mass is 601 g/mol. The number of anilines is 2. The Morgan fingerprint density at radius 2 is 1.75 bits per heavy atom. The summed E-state index contributed by atoms with van der Waals surface area (Å²) in [6, 6.07) is 6.18. The van der Waals surface area contributed by atoms with Crippen LogP contribution in [0, 0.1) is 19.1 Å². The number of pyridine rings is 2. The fourth-order valence-electron chi connectivity index (χ4n) is 5.91. The molecule has 1 N–H and O–H groups in total. The Morgan fingerprint density at radius 1 is 1.02 bits per heavy atom. The molecule has 1 saturated carbocycles. The van der Waals surface area contributed by atoms with E-state index in [0.29, 0.717) is 35.5 Å². The van der Waals surface area contributed by atoms with Crippen molar-refractivity contribution in [2.75, 3.05) is 36.5 Å². The molecule has 2 fully saturated rings. The van der Waals surface area contributed by atoms with E-state index >= 15 is 0 Å². The lowest BCUT2D eigenvalue weighted by atomic mass is 9.93. The number of rotatable bonds is 9. The molecule has 44 heavy (non-hydrogen) atoms. The first-order valence-corrected chi connectivity index (χ1v) is 15.1. The maximum absolute atomic E-state index is 11.7. The molecule has 13 nitrogen and oxygen atoms in total. The van der Waals surface area contributed by atoms with Crippen LogP contribution in [0.25, 0.3) is 10.9 Å². The van der Waals surface area contributed by atoms with Gasteiger partial charge in [0.25, 0.3) is 0 Å². The Labute approximate surface area is 256 Å². The molecule has 4 aromatic heterocycles. The third kappa shape index (κ3) is 6.52. The number of nitrogens with zero attached hydrogens (tertiary/aromatic N) is 8. The summed E-state index contributed by atoms with van der Waals surface area (Å²) in [7, 11) is 1.76. The molecule has 0 radical (unpaired) electrons. The van der Waals surface area contributed by atoms with Crippen molar-refractivity contribution in [1.29, 1.82) is 0 Å². The number of morpholine rings is 1. The van der Waals surface area contributed by atoms with Crippen LogP contribution in [0.2, 0.25) is 0 Å². The molecule has 1 saturated heterocycles. The van der Waals surface area contributed by atoms with Gasteiger partial charge in [-0.1, -0.05) is 4.98 Å². The second kappa shape index (κ2) is 12.6. The number of ether oxygens (including phenoxy) is 3. The van der Waals surface area contributed by atoms with Gasteiger partial charge < -0.3 is 29.6 Å². The third-order valence-corrected chi connectivity index (χ3v) is 8.16. The van der Waals surface area contributed by atoms with Crippen LogP contribution in [0.15, 0.2) is 30.6 Å². The average molecular weight is 602 g/mol. The number of aromatic nitrogens is 6. The van der Waals surface area contributed by atoms with Gasteiger partial charge in [-0.2, -0.15) is 4.98 Å². The van der Waals surface area contributed by atoms with E-state index in [9.17, 15) is 5.21 Å². The highest BCUT2D eigenvalue weighted by Crippen LogP contribution is 2.34. The summed E-state index contributed by atoms with van der Waals surface area (Å²) in [4.78, 5) is 25.2. The predicted molar refractivity (Wildman–Crippen MR) is 167 cm³/mol. The summed E-state index contributed by atoms with van der Waals surface area (Å²) in [5.74, 6) is 2.82. The van der Waals surface area contributed by atoms with Gasteiger partial charge in [0.15, 0.2) is 11.8 Å². The van der Waals surface area contributed by atoms with Gasteiger partial charge in [0.2, 0.25) is 11.8 Å². The molecule has 0 amide bonds. The molecule has 5 heterocycles. The number of hydrogen-bond acceptors (Lipinski definition) is 11. The van der Waals surface area contributed by atoms with Crippen molar-refractivity contribution in [2.45, 2.75) is 64.7 Å². The predicted octanol–water partition coefficient (Wildman–Crippen LogP) is 4.39. The molecule has 4 aromatic rings. The minimum Gasteiger partial charge on any atom is -0.741 e. The maximum atomic E-state index is 11.7. The number of imidazole rings is 1. The summed E-state index contributed by atoms with van der Waals surface area (Å²) in [6.45, 7) is 12.1. The number of aryl methyl sites for hydroxylation is 2.